The minimum absolute atomic E-state index is 0.862. The molecule has 1 aliphatic heterocycles. The number of nitrogens with one attached hydrogen (secondary N) is 1. The first-order valence-corrected chi connectivity index (χ1v) is 7.84. The van der Waals surface area contributed by atoms with Gasteiger partial charge in [0, 0.05) is 9.37 Å². The zero-order valence-corrected chi connectivity index (χ0v) is 12.0. The van der Waals surface area contributed by atoms with Crippen molar-refractivity contribution < 1.29 is 0 Å². The molecule has 1 heterocycles. The Balaban J connectivity index is 2.09. The Kier molecular flexibility index (Phi) is 4.74. The van der Waals surface area contributed by atoms with E-state index in [1.807, 2.05) is 11.8 Å². The summed E-state index contributed by atoms with van der Waals surface area (Å²) in [7, 11) is 0. The van der Waals surface area contributed by atoms with Gasteiger partial charge in [-0.25, -0.2) is 0 Å². The summed E-state index contributed by atoms with van der Waals surface area (Å²) in [6.45, 7) is 2.38. The molecular formula is C13H18BrNS. The Morgan fingerprint density at radius 1 is 1.38 bits per heavy atom. The lowest BCUT2D eigenvalue weighted by molar-refractivity contribution is 0.371. The average molecular weight is 300 g/mol. The van der Waals surface area contributed by atoms with Crippen molar-refractivity contribution in [2.75, 3.05) is 19.3 Å². The van der Waals surface area contributed by atoms with E-state index in [1.165, 1.54) is 47.3 Å². The van der Waals surface area contributed by atoms with Crippen LogP contribution in [0.25, 0.3) is 0 Å². The fraction of sp³-hybridized carbons (Fsp3) is 0.538. The van der Waals surface area contributed by atoms with Crippen LogP contribution in [-0.4, -0.2) is 19.3 Å². The fourth-order valence-corrected chi connectivity index (χ4v) is 3.32. The Morgan fingerprint density at radius 3 is 2.81 bits per heavy atom. The van der Waals surface area contributed by atoms with Crippen LogP contribution in [0.5, 0.6) is 0 Å². The molecule has 1 nitrogen and oxygen atoms in total. The molecule has 1 saturated heterocycles. The highest BCUT2D eigenvalue weighted by atomic mass is 79.9. The zero-order valence-electron chi connectivity index (χ0n) is 9.63. The van der Waals surface area contributed by atoms with Crippen LogP contribution in [-0.2, 0) is 6.42 Å². The molecule has 16 heavy (non-hydrogen) atoms. The summed E-state index contributed by atoms with van der Waals surface area (Å²) in [5.74, 6) is 0.862. The molecule has 1 aromatic carbocycles. The molecule has 0 saturated carbocycles. The van der Waals surface area contributed by atoms with Gasteiger partial charge in [-0.3, -0.25) is 0 Å². The molecule has 2 rings (SSSR count). The first kappa shape index (κ1) is 12.5. The van der Waals surface area contributed by atoms with Gasteiger partial charge in [-0.1, -0.05) is 15.9 Å². The monoisotopic (exact) mass is 299 g/mol. The number of halogens is 1. The van der Waals surface area contributed by atoms with Crippen molar-refractivity contribution >= 4 is 27.7 Å². The fourth-order valence-electron chi connectivity index (χ4n) is 2.30. The van der Waals surface area contributed by atoms with E-state index in [4.69, 9.17) is 0 Å². The molecule has 0 amide bonds. The molecule has 0 aliphatic carbocycles. The van der Waals surface area contributed by atoms with Gasteiger partial charge in [-0.05, 0) is 68.3 Å². The quantitative estimate of drug-likeness (QED) is 0.854. The third kappa shape index (κ3) is 3.25. The second kappa shape index (κ2) is 6.08. The summed E-state index contributed by atoms with van der Waals surface area (Å²) >= 11 is 5.42. The van der Waals surface area contributed by atoms with Crippen molar-refractivity contribution in [1.82, 2.24) is 5.32 Å². The van der Waals surface area contributed by atoms with Gasteiger partial charge in [0.15, 0.2) is 0 Å². The molecule has 0 spiro atoms. The second-order valence-electron chi connectivity index (χ2n) is 4.35. The Labute approximate surface area is 111 Å². The number of benzene rings is 1. The minimum atomic E-state index is 0.862. The summed E-state index contributed by atoms with van der Waals surface area (Å²) < 4.78 is 1.20. The van der Waals surface area contributed by atoms with Crippen LogP contribution in [0.15, 0.2) is 27.6 Å². The average Bonchev–Trinajstić information content (AvgIpc) is 2.31. The van der Waals surface area contributed by atoms with Crippen molar-refractivity contribution in [3.63, 3.8) is 0 Å². The maximum atomic E-state index is 3.57. The van der Waals surface area contributed by atoms with Crippen LogP contribution < -0.4 is 5.32 Å². The standard InChI is InChI=1S/C13H18BrNS/c1-16-13-3-2-12(14)9-11(13)8-10-4-6-15-7-5-10/h2-3,9-10,15H,4-8H2,1H3. The molecule has 1 fully saturated rings. The molecule has 1 aromatic rings. The molecule has 88 valence electrons. The maximum absolute atomic E-state index is 3.57. The largest absolute Gasteiger partial charge is 0.317 e. The number of piperidine rings is 1. The van der Waals surface area contributed by atoms with Gasteiger partial charge < -0.3 is 5.32 Å². The van der Waals surface area contributed by atoms with Crippen LogP contribution in [0.3, 0.4) is 0 Å². The van der Waals surface area contributed by atoms with E-state index in [0.29, 0.717) is 0 Å². The van der Waals surface area contributed by atoms with E-state index in [9.17, 15) is 0 Å². The number of thioether (sulfide) groups is 1. The molecule has 1 N–H and O–H groups in total. The molecule has 0 bridgehead atoms. The number of hydrogen-bond donors (Lipinski definition) is 1. The summed E-state index contributed by atoms with van der Waals surface area (Å²) in [4.78, 5) is 1.43. The van der Waals surface area contributed by atoms with E-state index in [0.717, 1.165) is 5.92 Å². The van der Waals surface area contributed by atoms with Crippen molar-refractivity contribution in [2.24, 2.45) is 5.92 Å². The van der Waals surface area contributed by atoms with E-state index >= 15 is 0 Å². The van der Waals surface area contributed by atoms with Gasteiger partial charge in [0.05, 0.1) is 0 Å². The summed E-state index contributed by atoms with van der Waals surface area (Å²) in [5.41, 5.74) is 1.51. The highest BCUT2D eigenvalue weighted by Gasteiger charge is 2.15. The van der Waals surface area contributed by atoms with Gasteiger partial charge in [0.2, 0.25) is 0 Å². The number of rotatable bonds is 3. The molecule has 0 radical (unpaired) electrons. The third-order valence-corrected chi connectivity index (χ3v) is 4.54. The van der Waals surface area contributed by atoms with Crippen LogP contribution >= 0.6 is 27.7 Å². The maximum Gasteiger partial charge on any atom is 0.0178 e. The first-order valence-electron chi connectivity index (χ1n) is 5.82. The van der Waals surface area contributed by atoms with Crippen LogP contribution in [0.2, 0.25) is 0 Å². The molecule has 0 unspecified atom stereocenters. The van der Waals surface area contributed by atoms with Gasteiger partial charge in [0.1, 0.15) is 0 Å². The van der Waals surface area contributed by atoms with Crippen molar-refractivity contribution in [3.8, 4) is 0 Å². The van der Waals surface area contributed by atoms with E-state index < -0.39 is 0 Å². The normalized spacial score (nSPS) is 17.6. The Morgan fingerprint density at radius 2 is 2.12 bits per heavy atom. The van der Waals surface area contributed by atoms with Gasteiger partial charge in [-0.15, -0.1) is 11.8 Å². The topological polar surface area (TPSA) is 12.0 Å². The molecule has 3 heteroatoms. The molecule has 1 aliphatic rings. The lowest BCUT2D eigenvalue weighted by Crippen LogP contribution is -2.28. The Hall–Kier alpha value is 0.01000. The van der Waals surface area contributed by atoms with Gasteiger partial charge >= 0.3 is 0 Å². The van der Waals surface area contributed by atoms with Crippen LogP contribution in [0.1, 0.15) is 18.4 Å². The number of hydrogen-bond acceptors (Lipinski definition) is 2. The predicted octanol–water partition coefficient (Wildman–Crippen LogP) is 3.71. The van der Waals surface area contributed by atoms with E-state index in [1.54, 1.807) is 0 Å². The van der Waals surface area contributed by atoms with E-state index in [-0.39, 0.29) is 0 Å². The van der Waals surface area contributed by atoms with Gasteiger partial charge in [-0.2, -0.15) is 0 Å². The summed E-state index contributed by atoms with van der Waals surface area (Å²) in [6.07, 6.45) is 6.03. The summed E-state index contributed by atoms with van der Waals surface area (Å²) in [5, 5.41) is 3.43. The predicted molar refractivity (Wildman–Crippen MR) is 75.2 cm³/mol. The second-order valence-corrected chi connectivity index (χ2v) is 6.12. The van der Waals surface area contributed by atoms with Crippen LogP contribution in [0, 0.1) is 5.92 Å². The molecule has 0 aromatic heterocycles. The third-order valence-electron chi connectivity index (χ3n) is 3.21. The highest BCUT2D eigenvalue weighted by Crippen LogP contribution is 2.28. The Bertz CT molecular complexity index is 348. The van der Waals surface area contributed by atoms with Crippen molar-refractivity contribution in [2.45, 2.75) is 24.2 Å². The first-order chi connectivity index (χ1) is 7.79. The van der Waals surface area contributed by atoms with Crippen molar-refractivity contribution in [1.29, 1.82) is 0 Å². The lowest BCUT2D eigenvalue weighted by Gasteiger charge is -2.23. The molecular weight excluding hydrogens is 282 g/mol. The lowest BCUT2D eigenvalue weighted by atomic mass is 9.91. The molecule has 0 atom stereocenters. The minimum Gasteiger partial charge on any atom is -0.317 e. The van der Waals surface area contributed by atoms with Crippen LogP contribution in [0.4, 0.5) is 0 Å². The van der Waals surface area contributed by atoms with E-state index in [2.05, 4.69) is 45.7 Å². The van der Waals surface area contributed by atoms with Gasteiger partial charge in [0.25, 0.3) is 0 Å². The highest BCUT2D eigenvalue weighted by molar-refractivity contribution is 9.10. The SMILES string of the molecule is CSc1ccc(Br)cc1CC1CCNCC1. The zero-order chi connectivity index (χ0) is 11.4. The summed E-state index contributed by atoms with van der Waals surface area (Å²) in [6, 6.07) is 6.65. The smallest absolute Gasteiger partial charge is 0.0178 e. The van der Waals surface area contributed by atoms with Crippen molar-refractivity contribution in [3.05, 3.63) is 28.2 Å².